The van der Waals surface area contributed by atoms with Crippen LogP contribution in [0.3, 0.4) is 0 Å². The molecule has 1 unspecified atom stereocenters. The van der Waals surface area contributed by atoms with E-state index in [2.05, 4.69) is 33.3 Å². The highest BCUT2D eigenvalue weighted by molar-refractivity contribution is 9.10. The zero-order valence-corrected chi connectivity index (χ0v) is 12.6. The highest BCUT2D eigenvalue weighted by Gasteiger charge is 2.09. The first kappa shape index (κ1) is 14.2. The third-order valence-corrected chi connectivity index (χ3v) is 3.74. The number of hydrogen-bond acceptors (Lipinski definition) is 2. The van der Waals surface area contributed by atoms with E-state index < -0.39 is 0 Å². The minimum absolute atomic E-state index is 0.173. The van der Waals surface area contributed by atoms with Crippen LogP contribution in [0.15, 0.2) is 35.1 Å². The third kappa shape index (κ3) is 3.88. The zero-order chi connectivity index (χ0) is 13.8. The molecule has 0 aliphatic heterocycles. The Labute approximate surface area is 121 Å². The lowest BCUT2D eigenvalue weighted by Gasteiger charge is -2.15. The quantitative estimate of drug-likeness (QED) is 0.914. The van der Waals surface area contributed by atoms with Gasteiger partial charge in [-0.1, -0.05) is 22.0 Å². The Morgan fingerprint density at radius 3 is 2.89 bits per heavy atom. The first-order chi connectivity index (χ1) is 9.06. The van der Waals surface area contributed by atoms with E-state index in [4.69, 9.17) is 0 Å². The van der Waals surface area contributed by atoms with E-state index in [0.29, 0.717) is 0 Å². The lowest BCUT2D eigenvalue weighted by Crippen LogP contribution is -2.21. The lowest BCUT2D eigenvalue weighted by molar-refractivity contribution is 0.571. The van der Waals surface area contributed by atoms with Gasteiger partial charge in [0.2, 0.25) is 0 Å². The molecule has 1 atom stereocenters. The van der Waals surface area contributed by atoms with Crippen LogP contribution in [-0.4, -0.2) is 16.3 Å². The van der Waals surface area contributed by atoms with Crippen LogP contribution in [0, 0.1) is 5.82 Å². The summed E-state index contributed by atoms with van der Waals surface area (Å²) in [4.78, 5) is 0. The monoisotopic (exact) mass is 325 g/mol. The summed E-state index contributed by atoms with van der Waals surface area (Å²) in [6.45, 7) is 2.93. The number of nitrogens with one attached hydrogen (secondary N) is 1. The predicted molar refractivity (Wildman–Crippen MR) is 77.4 cm³/mol. The van der Waals surface area contributed by atoms with Gasteiger partial charge in [0.1, 0.15) is 5.82 Å². The zero-order valence-electron chi connectivity index (χ0n) is 11.0. The molecule has 0 saturated carbocycles. The summed E-state index contributed by atoms with van der Waals surface area (Å²) in [5.74, 6) is -0.224. The number of aromatic nitrogens is 2. The van der Waals surface area contributed by atoms with E-state index in [0.717, 1.165) is 23.0 Å². The summed E-state index contributed by atoms with van der Waals surface area (Å²) in [5.41, 5.74) is 2.27. The molecule has 0 bridgehead atoms. The second-order valence-electron chi connectivity index (χ2n) is 4.61. The average molecular weight is 326 g/mol. The molecule has 3 nitrogen and oxygen atoms in total. The largest absolute Gasteiger partial charge is 0.310 e. The Morgan fingerprint density at radius 1 is 1.47 bits per heavy atom. The van der Waals surface area contributed by atoms with Crippen molar-refractivity contribution in [2.45, 2.75) is 19.4 Å². The van der Waals surface area contributed by atoms with Crippen LogP contribution in [0.5, 0.6) is 0 Å². The fourth-order valence-electron chi connectivity index (χ4n) is 2.00. The Bertz CT molecular complexity index is 553. The summed E-state index contributed by atoms with van der Waals surface area (Å²) in [6.07, 6.45) is 4.82. The number of benzene rings is 1. The maximum Gasteiger partial charge on any atom is 0.124 e. The molecule has 0 saturated heterocycles. The van der Waals surface area contributed by atoms with Crippen molar-refractivity contribution in [3.8, 4) is 0 Å². The van der Waals surface area contributed by atoms with Crippen molar-refractivity contribution in [3.05, 3.63) is 52.0 Å². The van der Waals surface area contributed by atoms with Gasteiger partial charge in [0, 0.05) is 23.8 Å². The maximum absolute atomic E-state index is 13.0. The molecule has 0 fully saturated rings. The average Bonchev–Trinajstić information content (AvgIpc) is 2.75. The standard InChI is InChI=1S/C14H17BrFN3/c1-10(13-4-3-12(16)7-14(13)15)17-6-5-11-8-18-19(2)9-11/h3-4,7-10,17H,5-6H2,1-2H3. The molecule has 0 aliphatic rings. The van der Waals surface area contributed by atoms with Crippen LogP contribution >= 0.6 is 15.9 Å². The molecule has 1 aromatic heterocycles. The number of hydrogen-bond donors (Lipinski definition) is 1. The van der Waals surface area contributed by atoms with Gasteiger partial charge in [-0.3, -0.25) is 4.68 Å². The first-order valence-electron chi connectivity index (χ1n) is 6.22. The van der Waals surface area contributed by atoms with E-state index in [-0.39, 0.29) is 11.9 Å². The topological polar surface area (TPSA) is 29.9 Å². The summed E-state index contributed by atoms with van der Waals surface area (Å²) in [6, 6.07) is 4.96. The van der Waals surface area contributed by atoms with Crippen molar-refractivity contribution >= 4 is 15.9 Å². The van der Waals surface area contributed by atoms with Gasteiger partial charge in [0.25, 0.3) is 0 Å². The molecular formula is C14H17BrFN3. The third-order valence-electron chi connectivity index (χ3n) is 3.05. The van der Waals surface area contributed by atoms with Gasteiger partial charge in [0.15, 0.2) is 0 Å². The fraction of sp³-hybridized carbons (Fsp3) is 0.357. The van der Waals surface area contributed by atoms with Gasteiger partial charge in [-0.2, -0.15) is 5.10 Å². The van der Waals surface area contributed by atoms with Crippen molar-refractivity contribution < 1.29 is 4.39 Å². The number of aryl methyl sites for hydroxylation is 1. The van der Waals surface area contributed by atoms with E-state index in [1.165, 1.54) is 17.7 Å². The van der Waals surface area contributed by atoms with Crippen LogP contribution < -0.4 is 5.32 Å². The summed E-state index contributed by atoms with van der Waals surface area (Å²) < 4.78 is 15.6. The van der Waals surface area contributed by atoms with Crippen LogP contribution in [0.1, 0.15) is 24.1 Å². The molecule has 1 N–H and O–H groups in total. The van der Waals surface area contributed by atoms with Crippen molar-refractivity contribution in [2.75, 3.05) is 6.54 Å². The molecule has 0 aliphatic carbocycles. The minimum Gasteiger partial charge on any atom is -0.310 e. The van der Waals surface area contributed by atoms with Crippen molar-refractivity contribution in [3.63, 3.8) is 0 Å². The Hall–Kier alpha value is -1.20. The summed E-state index contributed by atoms with van der Waals surface area (Å²) >= 11 is 3.39. The Kier molecular flexibility index (Phi) is 4.71. The highest BCUT2D eigenvalue weighted by Crippen LogP contribution is 2.24. The van der Waals surface area contributed by atoms with Crippen LogP contribution in [0.4, 0.5) is 4.39 Å². The van der Waals surface area contributed by atoms with E-state index in [9.17, 15) is 4.39 Å². The van der Waals surface area contributed by atoms with Gasteiger partial charge < -0.3 is 5.32 Å². The van der Waals surface area contributed by atoms with Crippen molar-refractivity contribution in [2.24, 2.45) is 7.05 Å². The normalized spacial score (nSPS) is 12.6. The summed E-state index contributed by atoms with van der Waals surface area (Å²) in [5, 5.41) is 7.56. The maximum atomic E-state index is 13.0. The number of nitrogens with zero attached hydrogens (tertiary/aromatic N) is 2. The molecule has 0 amide bonds. The predicted octanol–water partition coefficient (Wildman–Crippen LogP) is 3.22. The molecule has 5 heteroatoms. The molecule has 2 aromatic rings. The molecule has 0 radical (unpaired) electrons. The molecule has 19 heavy (non-hydrogen) atoms. The van der Waals surface area contributed by atoms with Crippen LogP contribution in [0.25, 0.3) is 0 Å². The van der Waals surface area contributed by atoms with Crippen molar-refractivity contribution in [1.82, 2.24) is 15.1 Å². The summed E-state index contributed by atoms with van der Waals surface area (Å²) in [7, 11) is 1.91. The molecule has 1 aromatic carbocycles. The van der Waals surface area contributed by atoms with Gasteiger partial charge >= 0.3 is 0 Å². The first-order valence-corrected chi connectivity index (χ1v) is 7.01. The molecule has 102 valence electrons. The molecule has 2 rings (SSSR count). The molecule has 1 heterocycles. The molecule has 0 spiro atoms. The second kappa shape index (κ2) is 6.30. The van der Waals surface area contributed by atoms with E-state index >= 15 is 0 Å². The SMILES string of the molecule is CC(NCCc1cnn(C)c1)c1ccc(F)cc1Br. The highest BCUT2D eigenvalue weighted by atomic mass is 79.9. The van der Waals surface area contributed by atoms with Gasteiger partial charge in [-0.05, 0) is 43.1 Å². The fourth-order valence-corrected chi connectivity index (χ4v) is 2.69. The van der Waals surface area contributed by atoms with Crippen LogP contribution in [-0.2, 0) is 13.5 Å². The lowest BCUT2D eigenvalue weighted by atomic mass is 10.1. The number of halogens is 2. The minimum atomic E-state index is -0.224. The smallest absolute Gasteiger partial charge is 0.124 e. The van der Waals surface area contributed by atoms with Crippen molar-refractivity contribution in [1.29, 1.82) is 0 Å². The Morgan fingerprint density at radius 2 is 2.26 bits per heavy atom. The van der Waals surface area contributed by atoms with Gasteiger partial charge in [-0.25, -0.2) is 4.39 Å². The van der Waals surface area contributed by atoms with Gasteiger partial charge in [-0.15, -0.1) is 0 Å². The van der Waals surface area contributed by atoms with E-state index in [1.807, 2.05) is 19.4 Å². The van der Waals surface area contributed by atoms with E-state index in [1.54, 1.807) is 10.7 Å². The number of rotatable bonds is 5. The van der Waals surface area contributed by atoms with Gasteiger partial charge in [0.05, 0.1) is 6.20 Å². The molecular weight excluding hydrogens is 309 g/mol. The Balaban J connectivity index is 1.88. The second-order valence-corrected chi connectivity index (χ2v) is 5.47. The van der Waals surface area contributed by atoms with Crippen LogP contribution in [0.2, 0.25) is 0 Å².